The first-order chi connectivity index (χ1) is 35.6. The lowest BCUT2D eigenvalue weighted by atomic mass is 10.1. The molecule has 0 saturated heterocycles. The molecular weight excluding hydrogens is 1000 g/mol. The molecule has 0 bridgehead atoms. The Morgan fingerprint density at radius 1 is 0.427 bits per heavy atom. The third-order valence-corrected chi connectivity index (χ3v) is 8.97. The Kier molecular flexibility index (Phi) is 19.8. The number of methoxy groups -OCH3 is 4. The van der Waals surface area contributed by atoms with E-state index in [9.17, 15) is 73.5 Å². The number of hydrogen-bond donors (Lipinski definition) is 6. The Labute approximate surface area is 418 Å². The number of esters is 7. The first-order valence-corrected chi connectivity index (χ1v) is 20.5. The number of aromatic hydroxyl groups is 5. The topological polar surface area (TPSA) is 383 Å². The van der Waals surface area contributed by atoms with E-state index in [1.54, 1.807) is 0 Å². The molecule has 0 aliphatic carbocycles. The summed E-state index contributed by atoms with van der Waals surface area (Å²) in [6.45, 7) is 0. The van der Waals surface area contributed by atoms with Crippen LogP contribution in [0, 0.1) is 0 Å². The molecule has 0 aliphatic heterocycles. The van der Waals surface area contributed by atoms with Gasteiger partial charge < -0.3 is 72.6 Å². The fourth-order valence-electron chi connectivity index (χ4n) is 5.61. The highest BCUT2D eigenvalue weighted by Crippen LogP contribution is 2.38. The minimum atomic E-state index is -1.17. The highest BCUT2D eigenvalue weighted by atomic mass is 16.6. The molecule has 2 aromatic heterocycles. The summed E-state index contributed by atoms with van der Waals surface area (Å²) in [5.41, 5.74) is -1.75. The second-order valence-corrected chi connectivity index (χ2v) is 13.9. The predicted molar refractivity (Wildman–Crippen MR) is 253 cm³/mol. The van der Waals surface area contributed by atoms with Crippen LogP contribution in [0.3, 0.4) is 0 Å². The Bertz CT molecular complexity index is 3430. The van der Waals surface area contributed by atoms with Crippen molar-refractivity contribution in [2.45, 2.75) is 0 Å². The van der Waals surface area contributed by atoms with E-state index in [1.165, 1.54) is 61.7 Å². The van der Waals surface area contributed by atoms with Crippen molar-refractivity contribution in [3.8, 4) is 68.6 Å². The van der Waals surface area contributed by atoms with Crippen molar-refractivity contribution >= 4 is 69.7 Å². The van der Waals surface area contributed by atoms with Crippen LogP contribution in [0.1, 0.15) is 0 Å². The quantitative estimate of drug-likeness (QED) is 0.0409. The van der Waals surface area contributed by atoms with Crippen molar-refractivity contribution in [2.24, 2.45) is 0 Å². The van der Waals surface area contributed by atoms with Crippen LogP contribution in [0.5, 0.6) is 46.0 Å². The van der Waals surface area contributed by atoms with Gasteiger partial charge in [-0.1, -0.05) is 0 Å². The van der Waals surface area contributed by atoms with Gasteiger partial charge in [0.2, 0.25) is 22.4 Å². The third-order valence-electron chi connectivity index (χ3n) is 8.97. The Morgan fingerprint density at radius 2 is 0.813 bits per heavy atom. The summed E-state index contributed by atoms with van der Waals surface area (Å²) in [7, 11) is 4.48. The Hall–Kier alpha value is -11.0. The third kappa shape index (κ3) is 16.0. The van der Waals surface area contributed by atoms with Gasteiger partial charge in [-0.25, -0.2) is 38.4 Å². The van der Waals surface area contributed by atoms with Crippen molar-refractivity contribution in [3.63, 3.8) is 0 Å². The van der Waals surface area contributed by atoms with E-state index in [0.29, 0.717) is 17.7 Å². The SMILES string of the molecule is COC(=O)/C=C/C(=O)O.COC(=O)/C=C/C(=O)Oc1ccc(-c2oc3cc(OC(=O)/C=C/C(=O)OC)cc(OC(=O)/C=C/C(=O)OC)c3c(=O)c2O)cc1.O=c1c(O)c(-c2ccc(O)cc2)oc2cc(O)cc(O)c12. The number of rotatable bonds is 13. The molecule has 25 heteroatoms. The minimum Gasteiger partial charge on any atom is -0.508 e. The van der Waals surface area contributed by atoms with Gasteiger partial charge in [-0.05, 0) is 48.5 Å². The smallest absolute Gasteiger partial charge is 0.336 e. The predicted octanol–water partition coefficient (Wildman–Crippen LogP) is 4.15. The second kappa shape index (κ2) is 26.3. The zero-order valence-corrected chi connectivity index (χ0v) is 39.0. The fourth-order valence-corrected chi connectivity index (χ4v) is 5.61. The maximum atomic E-state index is 13.3. The standard InChI is InChI=1S/C30H22O15.C15H10O6.C5H6O4/c1-39-21(31)8-11-24(34)42-17-6-4-16(5-7-17)30-29(38)28(37)27-19(44-26(36)13-10-23(33)41-3)14-18(15-20(27)45-30)43-25(35)12-9-22(32)40-2;16-8-3-1-7(2-4-8)15-14(20)13(19)12-10(18)5-9(17)6-11(12)21-15;1-9-5(8)3-2-4(6)7/h4-15,38H,1-3H3;1-6,16-18,20H;2-3H,1H3,(H,6,7)/b11-8+,12-9+,13-10+;;3-2+. The van der Waals surface area contributed by atoms with Crippen LogP contribution in [0.15, 0.2) is 140 Å². The van der Waals surface area contributed by atoms with E-state index in [0.717, 1.165) is 76.0 Å². The number of carbonyl (C=O) groups is 8. The van der Waals surface area contributed by atoms with Crippen LogP contribution in [0.2, 0.25) is 0 Å². The van der Waals surface area contributed by atoms with Gasteiger partial charge in [0, 0.05) is 84.0 Å². The van der Waals surface area contributed by atoms with Crippen molar-refractivity contribution < 1.29 is 111 Å². The summed E-state index contributed by atoms with van der Waals surface area (Å²) in [5, 5.41) is 56.4. The Morgan fingerprint density at radius 3 is 1.27 bits per heavy atom. The van der Waals surface area contributed by atoms with Gasteiger partial charge in [0.05, 0.1) is 28.4 Å². The number of carboxylic acid groups (broad SMARTS) is 1. The van der Waals surface area contributed by atoms with Crippen molar-refractivity contribution in [1.29, 1.82) is 0 Å². The van der Waals surface area contributed by atoms with E-state index in [2.05, 4.69) is 18.9 Å². The van der Waals surface area contributed by atoms with Crippen molar-refractivity contribution in [2.75, 3.05) is 28.4 Å². The van der Waals surface area contributed by atoms with Crippen LogP contribution < -0.4 is 25.1 Å². The van der Waals surface area contributed by atoms with Crippen LogP contribution >= 0.6 is 0 Å². The summed E-state index contributed by atoms with van der Waals surface area (Å²) >= 11 is 0. The van der Waals surface area contributed by atoms with Gasteiger partial charge in [0.15, 0.2) is 11.5 Å². The fraction of sp³-hybridized carbons (Fsp3) is 0.0800. The Balaban J connectivity index is 0.000000330. The summed E-state index contributed by atoms with van der Waals surface area (Å²) in [6, 6.07) is 15.1. The number of aliphatic carboxylic acids is 1. The van der Waals surface area contributed by atoms with Crippen molar-refractivity contribution in [1.82, 2.24) is 0 Å². The number of benzene rings is 4. The van der Waals surface area contributed by atoms with Gasteiger partial charge in [0.1, 0.15) is 56.4 Å². The number of ether oxygens (including phenoxy) is 7. The van der Waals surface area contributed by atoms with Crippen LogP contribution in [-0.2, 0) is 57.3 Å². The second-order valence-electron chi connectivity index (χ2n) is 13.9. The summed E-state index contributed by atoms with van der Waals surface area (Å²) < 4.78 is 43.8. The molecule has 0 aliphatic rings. The minimum absolute atomic E-state index is 0.0247. The molecule has 0 fully saturated rings. The van der Waals surface area contributed by atoms with Gasteiger partial charge in [-0.3, -0.25) is 9.59 Å². The molecule has 25 nitrogen and oxygen atoms in total. The largest absolute Gasteiger partial charge is 0.508 e. The molecule has 388 valence electrons. The maximum Gasteiger partial charge on any atom is 0.336 e. The first-order valence-electron chi connectivity index (χ1n) is 20.5. The van der Waals surface area contributed by atoms with Gasteiger partial charge >= 0.3 is 47.8 Å². The van der Waals surface area contributed by atoms with Gasteiger partial charge in [-0.2, -0.15) is 0 Å². The first kappa shape index (κ1) is 56.6. The average Bonchev–Trinajstić information content (AvgIpc) is 3.38. The maximum absolute atomic E-state index is 13.3. The zero-order chi connectivity index (χ0) is 55.5. The van der Waals surface area contributed by atoms with E-state index in [-0.39, 0.29) is 56.6 Å². The van der Waals surface area contributed by atoms with Gasteiger partial charge in [-0.15, -0.1) is 0 Å². The van der Waals surface area contributed by atoms with E-state index >= 15 is 0 Å². The highest BCUT2D eigenvalue weighted by Gasteiger charge is 2.23. The molecule has 0 spiro atoms. The molecule has 0 radical (unpaired) electrons. The lowest BCUT2D eigenvalue weighted by molar-refractivity contribution is -0.136. The van der Waals surface area contributed by atoms with E-state index < -0.39 is 87.0 Å². The number of carbonyl (C=O) groups excluding carboxylic acids is 7. The molecule has 75 heavy (non-hydrogen) atoms. The zero-order valence-electron chi connectivity index (χ0n) is 39.0. The lowest BCUT2D eigenvalue weighted by Gasteiger charge is -2.11. The molecule has 0 amide bonds. The molecule has 0 atom stereocenters. The normalized spacial score (nSPS) is 10.8. The number of carboxylic acids is 1. The molecule has 6 aromatic rings. The highest BCUT2D eigenvalue weighted by molar-refractivity contribution is 5.97. The van der Waals surface area contributed by atoms with Gasteiger partial charge in [0.25, 0.3) is 0 Å². The monoisotopic (exact) mass is 1040 g/mol. The number of phenolic OH excluding ortho intramolecular Hbond substituents is 3. The summed E-state index contributed by atoms with van der Waals surface area (Å²) in [4.78, 5) is 116. The summed E-state index contributed by atoms with van der Waals surface area (Å²) in [5.74, 6) is -11.0. The number of fused-ring (bicyclic) bond motifs is 2. The lowest BCUT2D eigenvalue weighted by Crippen LogP contribution is -2.11. The molecule has 0 unspecified atom stereocenters. The van der Waals surface area contributed by atoms with Crippen LogP contribution in [0.25, 0.3) is 44.6 Å². The van der Waals surface area contributed by atoms with E-state index in [4.69, 9.17) is 28.2 Å². The van der Waals surface area contributed by atoms with Crippen LogP contribution in [0.4, 0.5) is 0 Å². The molecule has 6 rings (SSSR count). The van der Waals surface area contributed by atoms with E-state index in [1.807, 2.05) is 0 Å². The number of phenols is 3. The molecule has 4 aromatic carbocycles. The molecule has 6 N–H and O–H groups in total. The van der Waals surface area contributed by atoms with Crippen LogP contribution in [-0.4, -0.2) is 107 Å². The number of hydrogen-bond acceptors (Lipinski definition) is 24. The van der Waals surface area contributed by atoms with Crippen molar-refractivity contribution in [3.05, 3.63) is 142 Å². The molecule has 2 heterocycles. The average molecular weight is 1040 g/mol. The summed E-state index contributed by atoms with van der Waals surface area (Å²) in [6.07, 6.45) is 6.24. The molecule has 0 saturated carbocycles. The molecular formula is C50H38O25.